The maximum atomic E-state index is 4.61. The highest BCUT2D eigenvalue weighted by molar-refractivity contribution is 5.18. The molecule has 0 saturated carbocycles. The van der Waals surface area contributed by atoms with Crippen molar-refractivity contribution >= 4 is 0 Å². The molecule has 0 N–H and O–H groups in total. The first kappa shape index (κ1) is 96.9. The molecule has 0 unspecified atom stereocenters. The van der Waals surface area contributed by atoms with Crippen molar-refractivity contribution in [1.29, 1.82) is 0 Å². The second-order valence-electron chi connectivity index (χ2n) is 30.8. The normalized spacial score (nSPS) is 10.9. The van der Waals surface area contributed by atoms with E-state index < -0.39 is 0 Å². The molecule has 6 heterocycles. The number of hydrogen-bond donors (Lipinski definition) is 0. The van der Waals surface area contributed by atoms with E-state index in [1.807, 2.05) is 49.4 Å². The van der Waals surface area contributed by atoms with Crippen LogP contribution in [0.25, 0.3) is 0 Å². The highest BCUT2D eigenvalue weighted by Gasteiger charge is 2.11. The summed E-state index contributed by atoms with van der Waals surface area (Å²) in [6.45, 7) is 53.7. The van der Waals surface area contributed by atoms with E-state index in [2.05, 4.69) is 232 Å². The largest absolute Gasteiger partial charge is 0.245 e. The van der Waals surface area contributed by atoms with Crippen LogP contribution in [-0.2, 0) is 77.0 Å². The topological polar surface area (TPSA) is 155 Å². The van der Waals surface area contributed by atoms with Crippen LogP contribution in [0.15, 0.2) is 74.5 Å². The standard InChI is InChI=1S/4C14H24N2.2C12H20N2.4CH4/c1-11(2)5-7-13-9-15-10-16-14(13)8-6-12(3)4;1-11(2)5-7-13-9-14(16-10-15-13)8-6-12(3)4;1-11(2)5-7-13-9-15-14(16-10-13)8-6-12(3)4;1-11(2)5-7-13-9-10-15-14(16-13)8-6-12(3)4;1-9(2)5-11-7-13-8-14-12(11)6-10(3)4;1-9(2)5-11-7-13-12(14-8-11)6-10(3)4;;;;/h4*9-12H,5-8H2,1-4H3;2*7-10H,5-6H2,1-4H3;4*1H4. The smallest absolute Gasteiger partial charge is 0.128 e. The van der Waals surface area contributed by atoms with Crippen molar-refractivity contribution in [1.82, 2.24) is 59.8 Å². The number of hydrogen-bond acceptors (Lipinski definition) is 12. The Morgan fingerprint density at radius 3 is 1.09 bits per heavy atom. The molecule has 0 amide bonds. The summed E-state index contributed by atoms with van der Waals surface area (Å²) in [7, 11) is 0. The molecule has 0 atom stereocenters. The monoisotopic (exact) mass is 1330 g/mol. The molecule has 12 nitrogen and oxygen atoms in total. The molecule has 0 aromatic carbocycles. The zero-order valence-electron chi connectivity index (χ0n) is 63.4. The van der Waals surface area contributed by atoms with Crippen LogP contribution in [0.1, 0.15) is 315 Å². The van der Waals surface area contributed by atoms with Crippen LogP contribution in [0.2, 0.25) is 0 Å². The molecule has 0 spiro atoms. The molecule has 96 heavy (non-hydrogen) atoms. The Morgan fingerprint density at radius 1 is 0.260 bits per heavy atom. The molecule has 0 fully saturated rings. The summed E-state index contributed by atoms with van der Waals surface area (Å²) in [5.74, 6) is 11.5. The van der Waals surface area contributed by atoms with Gasteiger partial charge in [0.2, 0.25) is 0 Å². The summed E-state index contributed by atoms with van der Waals surface area (Å²) in [4.78, 5) is 52.2. The molecule has 6 rings (SSSR count). The van der Waals surface area contributed by atoms with Gasteiger partial charge in [0.1, 0.15) is 36.5 Å². The van der Waals surface area contributed by atoms with Crippen molar-refractivity contribution in [2.24, 2.45) is 71.0 Å². The van der Waals surface area contributed by atoms with Crippen LogP contribution in [0.4, 0.5) is 0 Å². The molecule has 548 valence electrons. The lowest BCUT2D eigenvalue weighted by Crippen LogP contribution is -2.05. The zero-order valence-corrected chi connectivity index (χ0v) is 63.4. The van der Waals surface area contributed by atoms with Gasteiger partial charge in [-0.15, -0.1) is 0 Å². The van der Waals surface area contributed by atoms with Gasteiger partial charge in [-0.3, -0.25) is 0 Å². The number of rotatable bonds is 32. The Bertz CT molecular complexity index is 2470. The average Bonchev–Trinajstić information content (AvgIpc) is 1.30. The van der Waals surface area contributed by atoms with Gasteiger partial charge < -0.3 is 0 Å². The van der Waals surface area contributed by atoms with Crippen molar-refractivity contribution in [3.05, 3.63) is 143 Å². The summed E-state index contributed by atoms with van der Waals surface area (Å²) in [5.41, 5.74) is 11.2. The van der Waals surface area contributed by atoms with E-state index in [1.54, 1.807) is 19.0 Å². The van der Waals surface area contributed by atoms with Gasteiger partial charge >= 0.3 is 0 Å². The predicted molar refractivity (Wildman–Crippen MR) is 419 cm³/mol. The maximum absolute atomic E-state index is 4.61. The van der Waals surface area contributed by atoms with Crippen LogP contribution in [0.5, 0.6) is 0 Å². The molecule has 6 aromatic heterocycles. The van der Waals surface area contributed by atoms with Crippen LogP contribution in [-0.4, -0.2) is 59.8 Å². The first-order valence-corrected chi connectivity index (χ1v) is 36.2. The highest BCUT2D eigenvalue weighted by atomic mass is 14.9. The highest BCUT2D eigenvalue weighted by Crippen LogP contribution is 2.18. The van der Waals surface area contributed by atoms with E-state index in [9.17, 15) is 0 Å². The molecule has 0 aliphatic heterocycles. The lowest BCUT2D eigenvalue weighted by molar-refractivity contribution is 0.564. The summed E-state index contributed by atoms with van der Waals surface area (Å²) in [6.07, 6.45) is 41.2. The minimum atomic E-state index is 0. The van der Waals surface area contributed by atoms with Gasteiger partial charge in [-0.05, 0) is 215 Å². The SMILES string of the molecule is C.C.C.C.CC(C)CCc1cc(CCC(C)C)ncn1.CC(C)CCc1ccnc(CCC(C)C)n1.CC(C)CCc1cnc(CCC(C)C)nc1.CC(C)CCc1cncnc1CCC(C)C.CC(C)Cc1cnc(CC(C)C)nc1.CC(C)Cc1cncnc1CC(C)C. The van der Waals surface area contributed by atoms with Gasteiger partial charge in [0, 0.05) is 91.1 Å². The van der Waals surface area contributed by atoms with E-state index in [1.165, 1.54) is 102 Å². The van der Waals surface area contributed by atoms with E-state index in [0.29, 0.717) is 23.7 Å². The van der Waals surface area contributed by atoms with Crippen molar-refractivity contribution < 1.29 is 0 Å². The third-order valence-electron chi connectivity index (χ3n) is 15.1. The van der Waals surface area contributed by atoms with Gasteiger partial charge in [-0.25, -0.2) is 59.8 Å². The Labute approximate surface area is 594 Å². The summed E-state index contributed by atoms with van der Waals surface area (Å²) < 4.78 is 0. The van der Waals surface area contributed by atoms with Crippen LogP contribution in [0.3, 0.4) is 0 Å². The molecule has 12 heteroatoms. The van der Waals surface area contributed by atoms with Gasteiger partial charge in [-0.2, -0.15) is 0 Å². The molecular weight excluding hydrogens is 1180 g/mol. The Balaban J connectivity index is -0.000000525. The van der Waals surface area contributed by atoms with Gasteiger partial charge in [-0.1, -0.05) is 196 Å². The minimum Gasteiger partial charge on any atom is -0.245 e. The van der Waals surface area contributed by atoms with Gasteiger partial charge in [0.25, 0.3) is 0 Å². The predicted octanol–water partition coefficient (Wildman–Crippen LogP) is 22.9. The molecule has 0 aliphatic carbocycles. The van der Waals surface area contributed by atoms with Gasteiger partial charge in [0.05, 0.1) is 0 Å². The van der Waals surface area contributed by atoms with Crippen molar-refractivity contribution in [3.8, 4) is 0 Å². The van der Waals surface area contributed by atoms with E-state index in [4.69, 9.17) is 0 Å². The Morgan fingerprint density at radius 2 is 0.635 bits per heavy atom. The molecule has 0 saturated heterocycles. The minimum absolute atomic E-state index is 0. The maximum Gasteiger partial charge on any atom is 0.128 e. The first-order valence-electron chi connectivity index (χ1n) is 36.2. The fraction of sp³-hybridized carbons (Fsp3) is 0.714. The average molecular weight is 1330 g/mol. The quantitative estimate of drug-likeness (QED) is 0.0395. The van der Waals surface area contributed by atoms with Crippen LogP contribution in [0, 0.1) is 71.0 Å². The summed E-state index contributed by atoms with van der Waals surface area (Å²) >= 11 is 0. The summed E-state index contributed by atoms with van der Waals surface area (Å²) in [5, 5.41) is 0. The third-order valence-corrected chi connectivity index (χ3v) is 15.1. The first-order chi connectivity index (χ1) is 43.5. The molecule has 0 radical (unpaired) electrons. The van der Waals surface area contributed by atoms with E-state index >= 15 is 0 Å². The Kier molecular flexibility index (Phi) is 57.9. The molecular formula is C84H152N12. The summed E-state index contributed by atoms with van der Waals surface area (Å²) in [6, 6.07) is 4.21. The van der Waals surface area contributed by atoms with Crippen molar-refractivity contribution in [2.75, 3.05) is 0 Å². The van der Waals surface area contributed by atoms with Crippen LogP contribution < -0.4 is 0 Å². The van der Waals surface area contributed by atoms with E-state index in [-0.39, 0.29) is 29.7 Å². The number of aryl methyl sites for hydroxylation is 8. The van der Waals surface area contributed by atoms with Crippen molar-refractivity contribution in [3.63, 3.8) is 0 Å². The second kappa shape index (κ2) is 57.4. The fourth-order valence-corrected chi connectivity index (χ4v) is 9.34. The van der Waals surface area contributed by atoms with Crippen molar-refractivity contribution in [2.45, 2.75) is 324 Å². The van der Waals surface area contributed by atoms with Gasteiger partial charge in [0.15, 0.2) is 0 Å². The lowest BCUT2D eigenvalue weighted by atomic mass is 9.98. The van der Waals surface area contributed by atoms with E-state index in [0.717, 1.165) is 142 Å². The number of nitrogens with zero attached hydrogens (tertiary/aromatic N) is 12. The fourth-order valence-electron chi connectivity index (χ4n) is 9.34. The molecule has 0 aliphatic rings. The molecule has 0 bridgehead atoms. The molecule has 6 aromatic rings. The Hall–Kier alpha value is -5.52. The number of aromatic nitrogens is 12. The lowest BCUT2D eigenvalue weighted by Gasteiger charge is -2.11. The van der Waals surface area contributed by atoms with Crippen LogP contribution >= 0.6 is 0 Å². The zero-order chi connectivity index (χ0) is 69.0. The third kappa shape index (κ3) is 53.5. The second-order valence-corrected chi connectivity index (χ2v) is 30.8.